The maximum atomic E-state index is 12.2. The highest BCUT2D eigenvalue weighted by Crippen LogP contribution is 2.38. The van der Waals surface area contributed by atoms with Gasteiger partial charge in [0.15, 0.2) is 11.5 Å². The third-order valence-corrected chi connectivity index (χ3v) is 4.88. The Kier molecular flexibility index (Phi) is 8.02. The molecular weight excluding hydrogens is 436 g/mol. The van der Waals surface area contributed by atoms with Crippen molar-refractivity contribution in [2.45, 2.75) is 0 Å². The second-order valence-corrected chi connectivity index (χ2v) is 7.05. The lowest BCUT2D eigenvalue weighted by Crippen LogP contribution is -2.07. The molecule has 0 heterocycles. The van der Waals surface area contributed by atoms with Gasteiger partial charge in [0.2, 0.25) is 11.7 Å². The van der Waals surface area contributed by atoms with E-state index in [-0.39, 0.29) is 11.6 Å². The number of anilines is 1. The Bertz CT molecular complexity index is 1210. The number of nitro benzene ring substituents is 1. The molecule has 0 radical (unpaired) electrons. The molecule has 0 bridgehead atoms. The van der Waals surface area contributed by atoms with E-state index in [1.165, 1.54) is 18.2 Å². The molecule has 0 unspecified atom stereocenters. The fourth-order valence-electron chi connectivity index (χ4n) is 3.21. The van der Waals surface area contributed by atoms with Crippen LogP contribution in [0.5, 0.6) is 17.2 Å². The first-order valence-corrected chi connectivity index (χ1v) is 10.3. The zero-order valence-electron chi connectivity index (χ0n) is 19.0. The smallest absolute Gasteiger partial charge is 0.276 e. The summed E-state index contributed by atoms with van der Waals surface area (Å²) in [7, 11) is 4.68. The van der Waals surface area contributed by atoms with Crippen LogP contribution in [0, 0.1) is 10.1 Å². The molecule has 0 spiro atoms. The topological polar surface area (TPSA) is 99.9 Å². The summed E-state index contributed by atoms with van der Waals surface area (Å²) in [6.45, 7) is 0. The molecule has 1 amide bonds. The number of amides is 1. The van der Waals surface area contributed by atoms with E-state index in [9.17, 15) is 14.9 Å². The van der Waals surface area contributed by atoms with E-state index in [2.05, 4.69) is 5.32 Å². The zero-order valence-corrected chi connectivity index (χ0v) is 19.0. The fraction of sp³-hybridized carbons (Fsp3) is 0.115. The van der Waals surface area contributed by atoms with E-state index in [1.807, 2.05) is 36.4 Å². The summed E-state index contributed by atoms with van der Waals surface area (Å²) >= 11 is 0. The standard InChI is InChI=1S/C26H24N2O6/c1-32-23-16-19(17-24(33-2)26(23)34-3)9-8-18-10-13-21(14-11-18)27-25(29)15-12-20-6-4-5-7-22(20)28(30)31/h4-17H,1-3H3,(H,27,29)/b9-8?,15-12+. The fourth-order valence-corrected chi connectivity index (χ4v) is 3.21. The van der Waals surface area contributed by atoms with Crippen LogP contribution in [0.4, 0.5) is 11.4 Å². The van der Waals surface area contributed by atoms with Crippen LogP contribution < -0.4 is 19.5 Å². The summed E-state index contributed by atoms with van der Waals surface area (Å²) in [5.74, 6) is 1.26. The van der Waals surface area contributed by atoms with Crippen LogP contribution in [0.15, 0.2) is 66.7 Å². The monoisotopic (exact) mass is 460 g/mol. The molecule has 0 saturated carbocycles. The van der Waals surface area contributed by atoms with Crippen LogP contribution in [0.1, 0.15) is 16.7 Å². The third-order valence-electron chi connectivity index (χ3n) is 4.88. The molecule has 0 aromatic heterocycles. The number of ether oxygens (including phenoxy) is 3. The van der Waals surface area contributed by atoms with E-state index in [0.717, 1.165) is 11.1 Å². The number of hydrogen-bond acceptors (Lipinski definition) is 6. The Morgan fingerprint density at radius 1 is 0.853 bits per heavy atom. The number of nitro groups is 1. The Morgan fingerprint density at radius 2 is 1.47 bits per heavy atom. The Balaban J connectivity index is 1.67. The lowest BCUT2D eigenvalue weighted by atomic mass is 10.1. The summed E-state index contributed by atoms with van der Waals surface area (Å²) in [5.41, 5.74) is 2.68. The molecule has 8 heteroatoms. The number of methoxy groups -OCH3 is 3. The molecule has 3 aromatic carbocycles. The molecule has 0 aliphatic heterocycles. The molecule has 3 aromatic rings. The van der Waals surface area contributed by atoms with Crippen LogP contribution in [0.3, 0.4) is 0 Å². The molecule has 3 rings (SSSR count). The average molecular weight is 460 g/mol. The Hall–Kier alpha value is -4.59. The first-order chi connectivity index (χ1) is 16.4. The number of carbonyl (C=O) groups is 1. The second-order valence-electron chi connectivity index (χ2n) is 7.05. The van der Waals surface area contributed by atoms with Crippen molar-refractivity contribution in [3.63, 3.8) is 0 Å². The number of rotatable bonds is 9. The predicted molar refractivity (Wildman–Crippen MR) is 132 cm³/mol. The molecule has 0 aliphatic rings. The molecular formula is C26H24N2O6. The van der Waals surface area contributed by atoms with Gasteiger partial charge in [-0.25, -0.2) is 0 Å². The van der Waals surface area contributed by atoms with Gasteiger partial charge in [0, 0.05) is 17.8 Å². The van der Waals surface area contributed by atoms with Crippen molar-refractivity contribution < 1.29 is 23.9 Å². The van der Waals surface area contributed by atoms with E-state index in [0.29, 0.717) is 28.5 Å². The molecule has 0 saturated heterocycles. The third kappa shape index (κ3) is 6.01. The Labute approximate surface area is 197 Å². The first-order valence-electron chi connectivity index (χ1n) is 10.3. The SMILES string of the molecule is COc1cc(C=Cc2ccc(NC(=O)/C=C/c3ccccc3[N+](=O)[O-])cc2)cc(OC)c1OC. The quantitative estimate of drug-likeness (QED) is 0.197. The summed E-state index contributed by atoms with van der Waals surface area (Å²) in [5, 5.41) is 13.8. The molecule has 1 N–H and O–H groups in total. The van der Waals surface area contributed by atoms with Crippen LogP contribution in [0.25, 0.3) is 18.2 Å². The maximum Gasteiger partial charge on any atom is 0.276 e. The van der Waals surface area contributed by atoms with Crippen molar-refractivity contribution in [1.82, 2.24) is 0 Å². The largest absolute Gasteiger partial charge is 0.493 e. The number of nitrogens with zero attached hydrogens (tertiary/aromatic N) is 1. The highest BCUT2D eigenvalue weighted by Gasteiger charge is 2.12. The predicted octanol–water partition coefficient (Wildman–Crippen LogP) is 5.44. The van der Waals surface area contributed by atoms with E-state index in [1.54, 1.807) is 51.7 Å². The summed E-state index contributed by atoms with van der Waals surface area (Å²) < 4.78 is 16.1. The van der Waals surface area contributed by atoms with Crippen molar-refractivity contribution in [3.05, 3.63) is 93.5 Å². The van der Waals surface area contributed by atoms with Gasteiger partial charge in [0.25, 0.3) is 5.69 Å². The van der Waals surface area contributed by atoms with E-state index < -0.39 is 4.92 Å². The van der Waals surface area contributed by atoms with Gasteiger partial charge in [0.05, 0.1) is 31.8 Å². The normalized spacial score (nSPS) is 10.9. The molecule has 174 valence electrons. The van der Waals surface area contributed by atoms with Gasteiger partial charge in [-0.15, -0.1) is 0 Å². The number of benzene rings is 3. The Morgan fingerprint density at radius 3 is 2.06 bits per heavy atom. The van der Waals surface area contributed by atoms with Crippen molar-refractivity contribution >= 4 is 35.5 Å². The molecule has 0 atom stereocenters. The highest BCUT2D eigenvalue weighted by atomic mass is 16.6. The summed E-state index contributed by atoms with van der Waals surface area (Å²) in [6, 6.07) is 17.2. The number of para-hydroxylation sites is 1. The van der Waals surface area contributed by atoms with Gasteiger partial charge in [0.1, 0.15) is 0 Å². The van der Waals surface area contributed by atoms with Gasteiger partial charge in [-0.05, 0) is 47.5 Å². The minimum atomic E-state index is -0.484. The molecule has 34 heavy (non-hydrogen) atoms. The van der Waals surface area contributed by atoms with Crippen LogP contribution in [-0.2, 0) is 4.79 Å². The lowest BCUT2D eigenvalue weighted by molar-refractivity contribution is -0.385. The van der Waals surface area contributed by atoms with E-state index in [4.69, 9.17) is 14.2 Å². The molecule has 8 nitrogen and oxygen atoms in total. The van der Waals surface area contributed by atoms with Crippen molar-refractivity contribution in [2.24, 2.45) is 0 Å². The second kappa shape index (κ2) is 11.3. The molecule has 0 fully saturated rings. The number of hydrogen-bond donors (Lipinski definition) is 1. The molecule has 0 aliphatic carbocycles. The van der Waals surface area contributed by atoms with Gasteiger partial charge in [-0.3, -0.25) is 14.9 Å². The van der Waals surface area contributed by atoms with Gasteiger partial charge < -0.3 is 19.5 Å². The van der Waals surface area contributed by atoms with Crippen molar-refractivity contribution in [1.29, 1.82) is 0 Å². The minimum Gasteiger partial charge on any atom is -0.493 e. The minimum absolute atomic E-state index is 0.0604. The number of nitrogens with one attached hydrogen (secondary N) is 1. The van der Waals surface area contributed by atoms with Crippen molar-refractivity contribution in [2.75, 3.05) is 26.6 Å². The number of carbonyl (C=O) groups excluding carboxylic acids is 1. The highest BCUT2D eigenvalue weighted by molar-refractivity contribution is 6.02. The van der Waals surface area contributed by atoms with Crippen LogP contribution >= 0.6 is 0 Å². The van der Waals surface area contributed by atoms with Gasteiger partial charge in [-0.2, -0.15) is 0 Å². The van der Waals surface area contributed by atoms with Gasteiger partial charge in [-0.1, -0.05) is 36.4 Å². The zero-order chi connectivity index (χ0) is 24.5. The van der Waals surface area contributed by atoms with Gasteiger partial charge >= 0.3 is 0 Å². The van der Waals surface area contributed by atoms with Crippen LogP contribution in [-0.4, -0.2) is 32.2 Å². The maximum absolute atomic E-state index is 12.2. The summed E-state index contributed by atoms with van der Waals surface area (Å²) in [4.78, 5) is 22.8. The summed E-state index contributed by atoms with van der Waals surface area (Å²) in [6.07, 6.45) is 6.51. The average Bonchev–Trinajstić information content (AvgIpc) is 2.86. The van der Waals surface area contributed by atoms with E-state index >= 15 is 0 Å². The van der Waals surface area contributed by atoms with Crippen molar-refractivity contribution in [3.8, 4) is 17.2 Å². The first kappa shape index (κ1) is 24.1. The lowest BCUT2D eigenvalue weighted by Gasteiger charge is -2.12. The van der Waals surface area contributed by atoms with Crippen LogP contribution in [0.2, 0.25) is 0 Å².